The van der Waals surface area contributed by atoms with E-state index < -0.39 is 12.0 Å². The van der Waals surface area contributed by atoms with Crippen LogP contribution in [0.5, 0.6) is 0 Å². The van der Waals surface area contributed by atoms with Gasteiger partial charge in [0.25, 0.3) is 5.91 Å². The lowest BCUT2D eigenvalue weighted by atomic mass is 9.96. The monoisotopic (exact) mass is 441 g/mol. The minimum absolute atomic E-state index is 0.162. The highest BCUT2D eigenvalue weighted by Gasteiger charge is 2.39. The number of thiophene rings is 1. The number of piperidine rings is 1. The molecular formula is C23H27N3O4S. The number of carbonyl (C=O) groups is 3. The summed E-state index contributed by atoms with van der Waals surface area (Å²) in [5, 5.41) is 5.44. The average Bonchev–Trinajstić information content (AvgIpc) is 3.40. The molecule has 1 atom stereocenters. The van der Waals surface area contributed by atoms with Crippen molar-refractivity contribution in [2.75, 3.05) is 31.6 Å². The number of likely N-dealkylation sites (tertiary alicyclic amines) is 1. The first kappa shape index (κ1) is 21.7. The van der Waals surface area contributed by atoms with E-state index in [1.807, 2.05) is 0 Å². The van der Waals surface area contributed by atoms with Crippen molar-refractivity contribution in [3.05, 3.63) is 52.2 Å². The topological polar surface area (TPSA) is 79.0 Å². The van der Waals surface area contributed by atoms with Gasteiger partial charge in [-0.25, -0.2) is 9.69 Å². The van der Waals surface area contributed by atoms with E-state index in [2.05, 4.69) is 32.5 Å². The first-order valence-electron chi connectivity index (χ1n) is 10.6. The first-order chi connectivity index (χ1) is 15.0. The van der Waals surface area contributed by atoms with Gasteiger partial charge in [-0.3, -0.25) is 14.5 Å². The Morgan fingerprint density at radius 2 is 1.90 bits per heavy atom. The molecule has 31 heavy (non-hydrogen) atoms. The maximum absolute atomic E-state index is 12.8. The van der Waals surface area contributed by atoms with Crippen molar-refractivity contribution in [1.29, 1.82) is 0 Å². The number of nitrogens with one attached hydrogen (secondary N) is 1. The molecule has 2 saturated heterocycles. The largest absolute Gasteiger partial charge is 0.465 e. The molecule has 2 amide bonds. The van der Waals surface area contributed by atoms with E-state index in [1.165, 1.54) is 16.9 Å². The summed E-state index contributed by atoms with van der Waals surface area (Å²) in [6.45, 7) is 3.86. The number of ether oxygens (including phenoxy) is 1. The van der Waals surface area contributed by atoms with Crippen LogP contribution in [0.4, 0.5) is 5.69 Å². The predicted molar refractivity (Wildman–Crippen MR) is 119 cm³/mol. The SMILES string of the molecule is COC(=O)c1ccc(N2C(=O)C[C@@H](NCC3CCN(Cc4cccs4)CC3)C2=O)cc1. The van der Waals surface area contributed by atoms with Gasteiger partial charge in [0.05, 0.1) is 30.8 Å². The van der Waals surface area contributed by atoms with Gasteiger partial charge in [0.2, 0.25) is 5.91 Å². The Bertz CT molecular complexity index is 921. The highest BCUT2D eigenvalue weighted by molar-refractivity contribution is 7.09. The highest BCUT2D eigenvalue weighted by Crippen LogP contribution is 2.25. The predicted octanol–water partition coefficient (Wildman–Crippen LogP) is 2.67. The van der Waals surface area contributed by atoms with E-state index in [9.17, 15) is 14.4 Å². The van der Waals surface area contributed by atoms with E-state index in [1.54, 1.807) is 35.6 Å². The maximum Gasteiger partial charge on any atom is 0.337 e. The third-order valence-electron chi connectivity index (χ3n) is 6.01. The zero-order valence-corrected chi connectivity index (χ0v) is 18.4. The summed E-state index contributed by atoms with van der Waals surface area (Å²) in [6.07, 6.45) is 2.34. The van der Waals surface area contributed by atoms with E-state index in [-0.39, 0.29) is 18.2 Å². The van der Waals surface area contributed by atoms with Crippen LogP contribution in [-0.2, 0) is 20.9 Å². The van der Waals surface area contributed by atoms with Crippen LogP contribution in [0.3, 0.4) is 0 Å². The normalized spacial score (nSPS) is 20.4. The molecule has 2 fully saturated rings. The van der Waals surface area contributed by atoms with Crippen molar-refractivity contribution >= 4 is 34.8 Å². The lowest BCUT2D eigenvalue weighted by Crippen LogP contribution is -2.43. The second-order valence-corrected chi connectivity index (χ2v) is 9.10. The molecule has 2 aromatic rings. The quantitative estimate of drug-likeness (QED) is 0.526. The summed E-state index contributed by atoms with van der Waals surface area (Å²) in [4.78, 5) is 42.0. The van der Waals surface area contributed by atoms with Crippen molar-refractivity contribution in [1.82, 2.24) is 10.2 Å². The molecule has 164 valence electrons. The molecule has 0 saturated carbocycles. The zero-order chi connectivity index (χ0) is 21.8. The van der Waals surface area contributed by atoms with Crippen LogP contribution >= 0.6 is 11.3 Å². The van der Waals surface area contributed by atoms with Gasteiger partial charge in [-0.1, -0.05) is 6.07 Å². The van der Waals surface area contributed by atoms with E-state index >= 15 is 0 Å². The molecule has 2 aliphatic rings. The van der Waals surface area contributed by atoms with Crippen molar-refractivity contribution in [2.24, 2.45) is 5.92 Å². The standard InChI is InChI=1S/C23H27N3O4S/c1-30-23(29)17-4-6-18(7-5-17)26-21(27)13-20(22(26)28)24-14-16-8-10-25(11-9-16)15-19-3-2-12-31-19/h2-7,12,16,20,24H,8-11,13-15H2,1H3/t20-/m1/s1. The number of amides is 2. The number of anilines is 1. The number of methoxy groups -OCH3 is 1. The van der Waals surface area contributed by atoms with Gasteiger partial charge in [-0.15, -0.1) is 11.3 Å². The molecule has 7 nitrogen and oxygen atoms in total. The number of nitrogens with zero attached hydrogens (tertiary/aromatic N) is 2. The van der Waals surface area contributed by atoms with Crippen LogP contribution in [0.1, 0.15) is 34.5 Å². The fourth-order valence-corrected chi connectivity index (χ4v) is 4.95. The molecule has 0 unspecified atom stereocenters. The van der Waals surface area contributed by atoms with Gasteiger partial charge in [0.1, 0.15) is 0 Å². The second-order valence-electron chi connectivity index (χ2n) is 8.07. The average molecular weight is 442 g/mol. The summed E-state index contributed by atoms with van der Waals surface area (Å²) in [5.41, 5.74) is 0.860. The second kappa shape index (κ2) is 9.72. The van der Waals surface area contributed by atoms with E-state index in [0.29, 0.717) is 17.2 Å². The third-order valence-corrected chi connectivity index (χ3v) is 6.87. The molecule has 4 rings (SSSR count). The van der Waals surface area contributed by atoms with Crippen molar-refractivity contribution in [3.63, 3.8) is 0 Å². The van der Waals surface area contributed by atoms with Gasteiger partial charge >= 0.3 is 5.97 Å². The van der Waals surface area contributed by atoms with Crippen LogP contribution in [0.15, 0.2) is 41.8 Å². The number of rotatable bonds is 7. The number of imide groups is 1. The Labute approximate surface area is 186 Å². The van der Waals surface area contributed by atoms with E-state index in [4.69, 9.17) is 0 Å². The van der Waals surface area contributed by atoms with Gasteiger partial charge in [0.15, 0.2) is 0 Å². The molecule has 1 aromatic carbocycles. The fourth-order valence-electron chi connectivity index (χ4n) is 4.21. The van der Waals surface area contributed by atoms with Gasteiger partial charge in [-0.05, 0) is 74.1 Å². The lowest BCUT2D eigenvalue weighted by molar-refractivity contribution is -0.121. The van der Waals surface area contributed by atoms with Crippen molar-refractivity contribution in [2.45, 2.75) is 31.8 Å². The number of carbonyl (C=O) groups excluding carboxylic acids is 3. The van der Waals surface area contributed by atoms with Crippen molar-refractivity contribution in [3.8, 4) is 0 Å². The Hall–Kier alpha value is -2.55. The van der Waals surface area contributed by atoms with Crippen LogP contribution in [0.2, 0.25) is 0 Å². The first-order valence-corrected chi connectivity index (χ1v) is 11.5. The number of hydrogen-bond donors (Lipinski definition) is 1. The Morgan fingerprint density at radius 1 is 1.16 bits per heavy atom. The summed E-state index contributed by atoms with van der Waals surface area (Å²) in [6, 6.07) is 10.1. The van der Waals surface area contributed by atoms with Crippen LogP contribution in [-0.4, -0.2) is 55.5 Å². The van der Waals surface area contributed by atoms with E-state index in [0.717, 1.165) is 39.0 Å². The molecular weight excluding hydrogens is 414 g/mol. The Balaban J connectivity index is 1.27. The summed E-state index contributed by atoms with van der Waals surface area (Å²) in [5.74, 6) is -0.396. The maximum atomic E-state index is 12.8. The molecule has 0 bridgehead atoms. The van der Waals surface area contributed by atoms with Crippen LogP contribution in [0.25, 0.3) is 0 Å². The molecule has 1 N–H and O–H groups in total. The molecule has 1 aromatic heterocycles. The molecule has 3 heterocycles. The summed E-state index contributed by atoms with van der Waals surface area (Å²) >= 11 is 1.80. The molecule has 0 radical (unpaired) electrons. The number of esters is 1. The minimum Gasteiger partial charge on any atom is -0.465 e. The molecule has 8 heteroatoms. The fraction of sp³-hybridized carbons (Fsp3) is 0.435. The molecule has 2 aliphatic heterocycles. The van der Waals surface area contributed by atoms with Crippen LogP contribution < -0.4 is 10.2 Å². The number of hydrogen-bond acceptors (Lipinski definition) is 7. The minimum atomic E-state index is -0.489. The van der Waals surface area contributed by atoms with Gasteiger partial charge < -0.3 is 10.1 Å². The van der Waals surface area contributed by atoms with Gasteiger partial charge in [0, 0.05) is 11.4 Å². The van der Waals surface area contributed by atoms with Crippen molar-refractivity contribution < 1.29 is 19.1 Å². The lowest BCUT2D eigenvalue weighted by Gasteiger charge is -2.32. The van der Waals surface area contributed by atoms with Gasteiger partial charge in [-0.2, -0.15) is 0 Å². The summed E-state index contributed by atoms with van der Waals surface area (Å²) < 4.78 is 4.68. The van der Waals surface area contributed by atoms with Crippen LogP contribution in [0, 0.1) is 5.92 Å². The Kier molecular flexibility index (Phi) is 6.80. The Morgan fingerprint density at radius 3 is 2.55 bits per heavy atom. The zero-order valence-electron chi connectivity index (χ0n) is 17.6. The highest BCUT2D eigenvalue weighted by atomic mass is 32.1. The molecule has 0 spiro atoms. The smallest absolute Gasteiger partial charge is 0.337 e. The third kappa shape index (κ3) is 5.03. The summed E-state index contributed by atoms with van der Waals surface area (Å²) in [7, 11) is 1.31. The molecule has 0 aliphatic carbocycles. The number of benzene rings is 1.